The number of hydrogen-bond acceptors (Lipinski definition) is 3. The summed E-state index contributed by atoms with van der Waals surface area (Å²) in [6.45, 7) is 6.71. The van der Waals surface area contributed by atoms with Gasteiger partial charge in [0, 0.05) is 19.2 Å². The van der Waals surface area contributed by atoms with Crippen molar-refractivity contribution in [3.8, 4) is 5.75 Å². The van der Waals surface area contributed by atoms with E-state index >= 15 is 0 Å². The predicted octanol–water partition coefficient (Wildman–Crippen LogP) is 7.04. The van der Waals surface area contributed by atoms with Gasteiger partial charge in [-0.3, -0.25) is 9.69 Å². The van der Waals surface area contributed by atoms with E-state index in [9.17, 15) is 13.6 Å². The molecule has 0 spiro atoms. The zero-order chi connectivity index (χ0) is 24.3. The van der Waals surface area contributed by atoms with Crippen LogP contribution in [-0.4, -0.2) is 17.9 Å². The van der Waals surface area contributed by atoms with Gasteiger partial charge in [-0.15, -0.1) is 0 Å². The van der Waals surface area contributed by atoms with Crippen LogP contribution in [0.5, 0.6) is 5.75 Å². The van der Waals surface area contributed by atoms with Crippen molar-refractivity contribution < 1.29 is 18.3 Å². The number of nitrogens with zero attached hydrogens (tertiary/aromatic N) is 1. The van der Waals surface area contributed by atoms with Gasteiger partial charge in [0.25, 0.3) is 6.47 Å². The third kappa shape index (κ3) is 8.38. The van der Waals surface area contributed by atoms with Crippen molar-refractivity contribution >= 4 is 6.47 Å². The Morgan fingerprint density at radius 3 is 2.03 bits per heavy atom. The molecular formula is C29H33F2NO2. The molecule has 0 saturated carbocycles. The van der Waals surface area contributed by atoms with Crippen molar-refractivity contribution in [2.45, 2.75) is 58.5 Å². The van der Waals surface area contributed by atoms with E-state index in [1.165, 1.54) is 23.3 Å². The second-order valence-electron chi connectivity index (χ2n) is 9.05. The highest BCUT2D eigenvalue weighted by Crippen LogP contribution is 2.18. The number of unbranched alkanes of at least 4 members (excludes halogenated alkanes) is 2. The summed E-state index contributed by atoms with van der Waals surface area (Å²) >= 11 is 0. The molecule has 3 nitrogen and oxygen atoms in total. The van der Waals surface area contributed by atoms with Crippen LogP contribution in [0, 0.1) is 11.6 Å². The van der Waals surface area contributed by atoms with Gasteiger partial charge in [-0.2, -0.15) is 0 Å². The Labute approximate surface area is 201 Å². The van der Waals surface area contributed by atoms with Crippen molar-refractivity contribution in [1.82, 2.24) is 4.90 Å². The summed E-state index contributed by atoms with van der Waals surface area (Å²) in [4.78, 5) is 12.7. The molecule has 0 radical (unpaired) electrons. The molecule has 0 aromatic heterocycles. The van der Waals surface area contributed by atoms with Crippen LogP contribution in [0.3, 0.4) is 0 Å². The van der Waals surface area contributed by atoms with Crippen molar-refractivity contribution in [2.24, 2.45) is 0 Å². The highest BCUT2D eigenvalue weighted by molar-refractivity contribution is 5.45. The van der Waals surface area contributed by atoms with Crippen LogP contribution in [0.1, 0.15) is 61.3 Å². The van der Waals surface area contributed by atoms with E-state index in [1.54, 1.807) is 12.1 Å². The Morgan fingerprint density at radius 1 is 0.794 bits per heavy atom. The average Bonchev–Trinajstić information content (AvgIpc) is 2.80. The van der Waals surface area contributed by atoms with E-state index in [-0.39, 0.29) is 0 Å². The molecule has 0 bridgehead atoms. The molecule has 3 aromatic carbocycles. The Morgan fingerprint density at radius 2 is 1.41 bits per heavy atom. The van der Waals surface area contributed by atoms with Crippen molar-refractivity contribution in [1.29, 1.82) is 0 Å². The van der Waals surface area contributed by atoms with Gasteiger partial charge in [-0.1, -0.05) is 56.7 Å². The maximum atomic E-state index is 13.7. The van der Waals surface area contributed by atoms with Gasteiger partial charge in [0.1, 0.15) is 17.4 Å². The number of halogens is 2. The lowest BCUT2D eigenvalue weighted by molar-refractivity contribution is -0.120. The fourth-order valence-corrected chi connectivity index (χ4v) is 4.07. The maximum absolute atomic E-state index is 13.7. The standard InChI is InChI=1S/C29H33F2NO2/c1-22(2)26-11-7-23(8-12-26)6-4-3-5-15-32(20-25-16-27(30)18-28(31)17-25)19-24-9-13-29(14-10-24)34-21-33/h7-14,16-18,21-22H,3-6,15,19-20H2,1-2H3. The first-order valence-electron chi connectivity index (χ1n) is 11.9. The lowest BCUT2D eigenvalue weighted by Gasteiger charge is -2.23. The van der Waals surface area contributed by atoms with Crippen LogP contribution < -0.4 is 4.74 Å². The van der Waals surface area contributed by atoms with Crippen molar-refractivity contribution in [2.75, 3.05) is 6.54 Å². The molecule has 34 heavy (non-hydrogen) atoms. The maximum Gasteiger partial charge on any atom is 0.298 e. The highest BCUT2D eigenvalue weighted by atomic mass is 19.1. The molecule has 0 aliphatic heterocycles. The number of aryl methyl sites for hydroxylation is 1. The number of hydrogen-bond donors (Lipinski definition) is 0. The molecule has 0 heterocycles. The third-order valence-corrected chi connectivity index (χ3v) is 5.93. The topological polar surface area (TPSA) is 29.5 Å². The molecule has 0 atom stereocenters. The van der Waals surface area contributed by atoms with Crippen LogP contribution in [0.15, 0.2) is 66.7 Å². The summed E-state index contributed by atoms with van der Waals surface area (Å²) in [5, 5.41) is 0. The lowest BCUT2D eigenvalue weighted by atomic mass is 9.99. The van der Waals surface area contributed by atoms with Crippen LogP contribution in [-0.2, 0) is 24.3 Å². The summed E-state index contributed by atoms with van der Waals surface area (Å²) in [5.41, 5.74) is 4.37. The SMILES string of the molecule is CC(C)c1ccc(CCCCCN(Cc2ccc(OC=O)cc2)Cc2cc(F)cc(F)c2)cc1. The zero-order valence-corrected chi connectivity index (χ0v) is 20.0. The molecule has 3 rings (SSSR count). The summed E-state index contributed by atoms with van der Waals surface area (Å²) in [6.07, 6.45) is 4.22. The summed E-state index contributed by atoms with van der Waals surface area (Å²) in [6, 6.07) is 19.8. The lowest BCUT2D eigenvalue weighted by Crippen LogP contribution is -2.24. The minimum Gasteiger partial charge on any atom is -0.429 e. The van der Waals surface area contributed by atoms with Gasteiger partial charge in [-0.25, -0.2) is 8.78 Å². The summed E-state index contributed by atoms with van der Waals surface area (Å²) < 4.78 is 32.3. The molecule has 0 saturated heterocycles. The molecule has 0 amide bonds. The molecule has 0 aliphatic rings. The van der Waals surface area contributed by atoms with E-state index < -0.39 is 11.6 Å². The Balaban J connectivity index is 1.55. The van der Waals surface area contributed by atoms with Gasteiger partial charge in [0.15, 0.2) is 0 Å². The normalized spacial score (nSPS) is 11.2. The van der Waals surface area contributed by atoms with Gasteiger partial charge < -0.3 is 4.74 Å². The molecule has 0 fully saturated rings. The van der Waals surface area contributed by atoms with E-state index in [4.69, 9.17) is 4.74 Å². The number of benzene rings is 3. The monoisotopic (exact) mass is 465 g/mol. The van der Waals surface area contributed by atoms with Crippen LogP contribution in [0.25, 0.3) is 0 Å². The molecule has 3 aromatic rings. The Hall–Kier alpha value is -3.05. The number of carbonyl (C=O) groups is 1. The summed E-state index contributed by atoms with van der Waals surface area (Å²) in [5.74, 6) is -0.0955. The second-order valence-corrected chi connectivity index (χ2v) is 9.05. The van der Waals surface area contributed by atoms with Gasteiger partial charge in [0.2, 0.25) is 0 Å². The first kappa shape index (κ1) is 25.6. The largest absolute Gasteiger partial charge is 0.429 e. The minimum atomic E-state index is -0.561. The van der Waals surface area contributed by atoms with E-state index in [2.05, 4.69) is 43.0 Å². The molecule has 0 N–H and O–H groups in total. The first-order valence-corrected chi connectivity index (χ1v) is 11.9. The molecule has 0 aliphatic carbocycles. The van der Waals surface area contributed by atoms with Gasteiger partial charge in [-0.05, 0) is 78.2 Å². The molecule has 5 heteroatoms. The van der Waals surface area contributed by atoms with Gasteiger partial charge >= 0.3 is 0 Å². The van der Waals surface area contributed by atoms with E-state index in [1.807, 2.05) is 12.1 Å². The zero-order valence-electron chi connectivity index (χ0n) is 20.0. The highest BCUT2D eigenvalue weighted by Gasteiger charge is 2.10. The number of ether oxygens (including phenoxy) is 1. The van der Waals surface area contributed by atoms with Crippen LogP contribution in [0.4, 0.5) is 8.78 Å². The Kier molecular flexibility index (Phi) is 9.77. The Bertz CT molecular complexity index is 1010. The first-order chi connectivity index (χ1) is 16.4. The van der Waals surface area contributed by atoms with Crippen molar-refractivity contribution in [3.63, 3.8) is 0 Å². The van der Waals surface area contributed by atoms with Crippen molar-refractivity contribution in [3.05, 3.63) is 101 Å². The molecule has 0 unspecified atom stereocenters. The molecule has 180 valence electrons. The van der Waals surface area contributed by atoms with Crippen LogP contribution >= 0.6 is 0 Å². The predicted molar refractivity (Wildman–Crippen MR) is 132 cm³/mol. The smallest absolute Gasteiger partial charge is 0.298 e. The summed E-state index contributed by atoms with van der Waals surface area (Å²) in [7, 11) is 0. The fraction of sp³-hybridized carbons (Fsp3) is 0.345. The average molecular weight is 466 g/mol. The van der Waals surface area contributed by atoms with E-state index in [0.717, 1.165) is 43.9 Å². The van der Waals surface area contributed by atoms with Gasteiger partial charge in [0.05, 0.1) is 0 Å². The number of carbonyl (C=O) groups excluding carboxylic acids is 1. The number of rotatable bonds is 13. The third-order valence-electron chi connectivity index (χ3n) is 5.93. The minimum absolute atomic E-state index is 0.401. The fourth-order valence-electron chi connectivity index (χ4n) is 4.07. The quantitative estimate of drug-likeness (QED) is 0.200. The molecular weight excluding hydrogens is 432 g/mol. The van der Waals surface area contributed by atoms with E-state index in [0.29, 0.717) is 36.8 Å². The van der Waals surface area contributed by atoms with Crippen LogP contribution in [0.2, 0.25) is 0 Å². The second kappa shape index (κ2) is 13.0.